The van der Waals surface area contributed by atoms with Gasteiger partial charge in [-0.05, 0) is 68.0 Å². The molecule has 2 aromatic rings. The molecule has 0 bridgehead atoms. The van der Waals surface area contributed by atoms with E-state index >= 15 is 0 Å². The van der Waals surface area contributed by atoms with Gasteiger partial charge in [-0.15, -0.1) is 24.0 Å². The molecule has 0 amide bonds. The summed E-state index contributed by atoms with van der Waals surface area (Å²) in [5.74, 6) is 2.86. The first-order chi connectivity index (χ1) is 15.0. The molecule has 0 saturated heterocycles. The van der Waals surface area contributed by atoms with Crippen molar-refractivity contribution in [1.82, 2.24) is 15.6 Å². The molecule has 1 saturated carbocycles. The van der Waals surface area contributed by atoms with Gasteiger partial charge < -0.3 is 15.4 Å². The molecule has 1 fully saturated rings. The Morgan fingerprint density at radius 1 is 1.22 bits per heavy atom. The van der Waals surface area contributed by atoms with E-state index in [1.54, 1.807) is 13.2 Å². The van der Waals surface area contributed by atoms with Crippen molar-refractivity contribution in [3.05, 3.63) is 53.2 Å². The Bertz CT molecular complexity index is 938. The summed E-state index contributed by atoms with van der Waals surface area (Å²) < 4.78 is 18.1. The SMILES string of the molecule is CCS(=O)C1CCCC(NC(=NC)NCc2ccnc(Oc3ccc(C)c(C)c3)c2)C1.I. The molecule has 1 aliphatic carbocycles. The molecule has 1 aliphatic rings. The minimum Gasteiger partial charge on any atom is -0.439 e. The van der Waals surface area contributed by atoms with Crippen molar-refractivity contribution in [3.8, 4) is 11.6 Å². The van der Waals surface area contributed by atoms with Crippen LogP contribution in [0.3, 0.4) is 0 Å². The number of nitrogens with one attached hydrogen (secondary N) is 2. The number of pyridine rings is 1. The molecule has 176 valence electrons. The molecular formula is C24H35IN4O2S. The summed E-state index contributed by atoms with van der Waals surface area (Å²) >= 11 is 0. The number of hydrogen-bond acceptors (Lipinski definition) is 4. The fourth-order valence-corrected chi connectivity index (χ4v) is 5.19. The van der Waals surface area contributed by atoms with E-state index in [4.69, 9.17) is 4.74 Å². The maximum atomic E-state index is 12.2. The first-order valence-corrected chi connectivity index (χ1v) is 12.4. The second-order valence-electron chi connectivity index (χ2n) is 8.08. The smallest absolute Gasteiger partial charge is 0.219 e. The predicted molar refractivity (Wildman–Crippen MR) is 144 cm³/mol. The number of aromatic nitrogens is 1. The average molecular weight is 571 g/mol. The topological polar surface area (TPSA) is 75.6 Å². The lowest BCUT2D eigenvalue weighted by Crippen LogP contribution is -2.46. The minimum absolute atomic E-state index is 0. The van der Waals surface area contributed by atoms with Gasteiger partial charge in [0, 0.05) is 53.7 Å². The van der Waals surface area contributed by atoms with Crippen LogP contribution in [0.5, 0.6) is 11.6 Å². The fraction of sp³-hybridized carbons (Fsp3) is 0.500. The van der Waals surface area contributed by atoms with E-state index in [1.165, 1.54) is 11.1 Å². The highest BCUT2D eigenvalue weighted by Crippen LogP contribution is 2.24. The second-order valence-corrected chi connectivity index (χ2v) is 10.1. The molecule has 0 radical (unpaired) electrons. The van der Waals surface area contributed by atoms with Gasteiger partial charge in [-0.1, -0.05) is 19.4 Å². The number of nitrogens with zero attached hydrogens (tertiary/aromatic N) is 2. The quantitative estimate of drug-likeness (QED) is 0.283. The summed E-state index contributed by atoms with van der Waals surface area (Å²) in [4.78, 5) is 8.70. The summed E-state index contributed by atoms with van der Waals surface area (Å²) in [6, 6.07) is 10.3. The van der Waals surface area contributed by atoms with Gasteiger partial charge in [0.25, 0.3) is 0 Å². The van der Waals surface area contributed by atoms with Crippen LogP contribution in [0.25, 0.3) is 0 Å². The first-order valence-electron chi connectivity index (χ1n) is 11.0. The van der Waals surface area contributed by atoms with E-state index in [0.717, 1.165) is 48.7 Å². The molecule has 6 nitrogen and oxygen atoms in total. The van der Waals surface area contributed by atoms with Gasteiger partial charge >= 0.3 is 0 Å². The standard InChI is InChI=1S/C24H34N4O2S.HI/c1-5-31(29)22-8-6-7-20(15-22)28-24(25-4)27-16-19-11-12-26-23(14-19)30-21-10-9-17(2)18(3)13-21;/h9-14,20,22H,5-8,15-16H2,1-4H3,(H2,25,27,28);1H. The highest BCUT2D eigenvalue weighted by molar-refractivity contribution is 14.0. The lowest BCUT2D eigenvalue weighted by atomic mass is 9.95. The molecule has 1 aromatic carbocycles. The maximum absolute atomic E-state index is 12.2. The summed E-state index contributed by atoms with van der Waals surface area (Å²) in [6.07, 6.45) is 5.95. The summed E-state index contributed by atoms with van der Waals surface area (Å²) in [5, 5.41) is 7.18. The zero-order valence-corrected chi connectivity index (χ0v) is 22.5. The van der Waals surface area contributed by atoms with Crippen molar-refractivity contribution in [2.24, 2.45) is 4.99 Å². The van der Waals surface area contributed by atoms with Crippen molar-refractivity contribution in [1.29, 1.82) is 0 Å². The van der Waals surface area contributed by atoms with E-state index < -0.39 is 10.8 Å². The summed E-state index contributed by atoms with van der Waals surface area (Å²) in [6.45, 7) is 6.77. The van der Waals surface area contributed by atoms with E-state index in [0.29, 0.717) is 23.7 Å². The molecule has 1 aromatic heterocycles. The number of ether oxygens (including phenoxy) is 1. The van der Waals surface area contributed by atoms with Crippen molar-refractivity contribution in [2.45, 2.75) is 64.3 Å². The summed E-state index contributed by atoms with van der Waals surface area (Å²) in [5.41, 5.74) is 3.49. The van der Waals surface area contributed by atoms with E-state index in [9.17, 15) is 4.21 Å². The molecule has 8 heteroatoms. The van der Waals surface area contributed by atoms with Crippen LogP contribution in [0.1, 0.15) is 49.3 Å². The van der Waals surface area contributed by atoms with Crippen LogP contribution in [0, 0.1) is 13.8 Å². The number of aryl methyl sites for hydroxylation is 2. The highest BCUT2D eigenvalue weighted by atomic mass is 127. The third kappa shape index (κ3) is 7.72. The molecule has 1 heterocycles. The number of hydrogen-bond donors (Lipinski definition) is 2. The van der Waals surface area contributed by atoms with Crippen LogP contribution in [0.2, 0.25) is 0 Å². The third-order valence-corrected chi connectivity index (χ3v) is 7.55. The van der Waals surface area contributed by atoms with Crippen molar-refractivity contribution < 1.29 is 8.95 Å². The Morgan fingerprint density at radius 2 is 2.03 bits per heavy atom. The van der Waals surface area contributed by atoms with E-state index in [-0.39, 0.29) is 24.0 Å². The molecule has 3 unspecified atom stereocenters. The first kappa shape index (κ1) is 26.6. The monoisotopic (exact) mass is 570 g/mol. The Morgan fingerprint density at radius 3 is 2.75 bits per heavy atom. The lowest BCUT2D eigenvalue weighted by molar-refractivity contribution is 0.413. The molecule has 0 spiro atoms. The molecular weight excluding hydrogens is 535 g/mol. The number of aliphatic imine (C=N–C) groups is 1. The van der Waals surface area contributed by atoms with Crippen LogP contribution in [0.4, 0.5) is 0 Å². The molecule has 2 N–H and O–H groups in total. The van der Waals surface area contributed by atoms with Crippen LogP contribution in [0.15, 0.2) is 41.5 Å². The fourth-order valence-electron chi connectivity index (χ4n) is 3.84. The summed E-state index contributed by atoms with van der Waals surface area (Å²) in [7, 11) is 1.05. The maximum Gasteiger partial charge on any atom is 0.219 e. The van der Waals surface area contributed by atoms with Gasteiger partial charge in [-0.3, -0.25) is 9.20 Å². The predicted octanol–water partition coefficient (Wildman–Crippen LogP) is 4.85. The third-order valence-electron chi connectivity index (χ3n) is 5.81. The van der Waals surface area contributed by atoms with Crippen LogP contribution >= 0.6 is 24.0 Å². The zero-order valence-electron chi connectivity index (χ0n) is 19.4. The highest BCUT2D eigenvalue weighted by Gasteiger charge is 2.26. The van der Waals surface area contributed by atoms with Gasteiger partial charge in [0.05, 0.1) is 0 Å². The molecule has 3 rings (SSSR count). The molecule has 32 heavy (non-hydrogen) atoms. The lowest BCUT2D eigenvalue weighted by Gasteiger charge is -2.30. The van der Waals surface area contributed by atoms with E-state index in [1.807, 2.05) is 31.2 Å². The van der Waals surface area contributed by atoms with Crippen LogP contribution < -0.4 is 15.4 Å². The molecule has 0 aliphatic heterocycles. The Hall–Kier alpha value is -1.68. The van der Waals surface area contributed by atoms with Gasteiger partial charge in [-0.25, -0.2) is 4.98 Å². The van der Waals surface area contributed by atoms with Gasteiger partial charge in [0.1, 0.15) is 5.75 Å². The van der Waals surface area contributed by atoms with Crippen molar-refractivity contribution >= 4 is 40.7 Å². The largest absolute Gasteiger partial charge is 0.439 e. The number of benzene rings is 1. The average Bonchev–Trinajstić information content (AvgIpc) is 2.79. The van der Waals surface area contributed by atoms with Crippen molar-refractivity contribution in [3.63, 3.8) is 0 Å². The Kier molecular flexibility index (Phi) is 10.9. The van der Waals surface area contributed by atoms with Crippen LogP contribution in [-0.4, -0.2) is 39.2 Å². The van der Waals surface area contributed by atoms with Gasteiger partial charge in [0.2, 0.25) is 5.88 Å². The zero-order chi connectivity index (χ0) is 22.2. The number of halogens is 1. The number of rotatable bonds is 7. The normalized spacial score (nSPS) is 19.6. The minimum atomic E-state index is -0.728. The van der Waals surface area contributed by atoms with Crippen LogP contribution in [-0.2, 0) is 17.3 Å². The van der Waals surface area contributed by atoms with Gasteiger partial charge in [-0.2, -0.15) is 0 Å². The number of guanidine groups is 1. The van der Waals surface area contributed by atoms with E-state index in [2.05, 4.69) is 40.5 Å². The van der Waals surface area contributed by atoms with Crippen molar-refractivity contribution in [2.75, 3.05) is 12.8 Å². The Labute approximate surface area is 211 Å². The second kappa shape index (κ2) is 13.1. The van der Waals surface area contributed by atoms with Gasteiger partial charge in [0.15, 0.2) is 5.96 Å². The Balaban J connectivity index is 0.00000363. The molecule has 3 atom stereocenters.